The summed E-state index contributed by atoms with van der Waals surface area (Å²) in [7, 11) is 0. The van der Waals surface area contributed by atoms with Crippen LogP contribution in [0.3, 0.4) is 0 Å². The van der Waals surface area contributed by atoms with Gasteiger partial charge in [0.15, 0.2) is 0 Å². The second-order valence-electron chi connectivity index (χ2n) is 5.26. The van der Waals surface area contributed by atoms with Gasteiger partial charge in [-0.1, -0.05) is 0 Å². The van der Waals surface area contributed by atoms with Crippen LogP contribution in [-0.4, -0.2) is 44.8 Å². The molecule has 0 fully saturated rings. The third kappa shape index (κ3) is 24.9. The number of aliphatic hydroxyl groups excluding tert-OH is 4. The Labute approximate surface area is 112 Å². The van der Waals surface area contributed by atoms with Crippen LogP contribution in [0.1, 0.15) is 66.2 Å². The van der Waals surface area contributed by atoms with E-state index in [4.69, 9.17) is 20.4 Å². The highest BCUT2D eigenvalue weighted by Gasteiger charge is 1.98. The molecule has 112 valence electrons. The van der Waals surface area contributed by atoms with Crippen molar-refractivity contribution in [1.29, 1.82) is 0 Å². The maximum absolute atomic E-state index is 8.78. The zero-order chi connectivity index (χ0) is 14.6. The van der Waals surface area contributed by atoms with Crippen LogP contribution in [0.25, 0.3) is 0 Å². The zero-order valence-electron chi connectivity index (χ0n) is 12.3. The number of hydrogen-bond donors (Lipinski definition) is 4. The van der Waals surface area contributed by atoms with Crippen molar-refractivity contribution in [3.63, 3.8) is 0 Å². The van der Waals surface area contributed by atoms with E-state index in [1.807, 2.05) is 0 Å². The SMILES string of the molecule is CC(O)CCCC(C)O.CC(O)CCCC(C)O. The van der Waals surface area contributed by atoms with E-state index in [2.05, 4.69) is 0 Å². The lowest BCUT2D eigenvalue weighted by Crippen LogP contribution is -2.03. The summed E-state index contributed by atoms with van der Waals surface area (Å²) < 4.78 is 0. The van der Waals surface area contributed by atoms with Gasteiger partial charge in [0, 0.05) is 0 Å². The highest BCUT2D eigenvalue weighted by molar-refractivity contribution is 4.52. The Morgan fingerprint density at radius 2 is 0.667 bits per heavy atom. The first kappa shape index (κ1) is 20.2. The van der Waals surface area contributed by atoms with E-state index in [-0.39, 0.29) is 24.4 Å². The molecule has 0 heterocycles. The molecule has 0 aliphatic carbocycles. The molecule has 0 aromatic heterocycles. The molecule has 18 heavy (non-hydrogen) atoms. The fraction of sp³-hybridized carbons (Fsp3) is 1.00. The molecule has 0 spiro atoms. The smallest absolute Gasteiger partial charge is 0.0512 e. The first-order chi connectivity index (χ1) is 8.25. The first-order valence-corrected chi connectivity index (χ1v) is 6.98. The van der Waals surface area contributed by atoms with Crippen molar-refractivity contribution in [1.82, 2.24) is 0 Å². The summed E-state index contributed by atoms with van der Waals surface area (Å²) in [6.07, 6.45) is 4.14. The molecule has 4 heteroatoms. The van der Waals surface area contributed by atoms with Gasteiger partial charge in [-0.05, 0) is 66.2 Å². The Kier molecular flexibility index (Phi) is 14.9. The van der Waals surface area contributed by atoms with Crippen molar-refractivity contribution in [2.45, 2.75) is 90.6 Å². The van der Waals surface area contributed by atoms with Crippen LogP contribution in [0.4, 0.5) is 0 Å². The van der Waals surface area contributed by atoms with Gasteiger partial charge in [-0.2, -0.15) is 0 Å². The molecule has 0 amide bonds. The Hall–Kier alpha value is -0.160. The van der Waals surface area contributed by atoms with Gasteiger partial charge < -0.3 is 20.4 Å². The Morgan fingerprint density at radius 1 is 0.500 bits per heavy atom. The normalized spacial score (nSPS) is 17.3. The lowest BCUT2D eigenvalue weighted by molar-refractivity contribution is 0.152. The Bertz CT molecular complexity index is 122. The van der Waals surface area contributed by atoms with E-state index in [1.165, 1.54) is 0 Å². The van der Waals surface area contributed by atoms with Crippen LogP contribution in [0.15, 0.2) is 0 Å². The molecule has 0 aliphatic heterocycles. The third-order valence-corrected chi connectivity index (χ3v) is 2.49. The van der Waals surface area contributed by atoms with Gasteiger partial charge in [0.1, 0.15) is 0 Å². The topological polar surface area (TPSA) is 80.9 Å². The van der Waals surface area contributed by atoms with Gasteiger partial charge in [-0.3, -0.25) is 0 Å². The van der Waals surface area contributed by atoms with Gasteiger partial charge in [0.25, 0.3) is 0 Å². The van der Waals surface area contributed by atoms with Gasteiger partial charge in [-0.15, -0.1) is 0 Å². The average Bonchev–Trinajstić information content (AvgIpc) is 2.15. The summed E-state index contributed by atoms with van der Waals surface area (Å²) in [5.74, 6) is 0. The lowest BCUT2D eigenvalue weighted by atomic mass is 10.1. The highest BCUT2D eigenvalue weighted by atomic mass is 16.3. The zero-order valence-corrected chi connectivity index (χ0v) is 12.3. The summed E-state index contributed by atoms with van der Waals surface area (Å²) in [6, 6.07) is 0. The quantitative estimate of drug-likeness (QED) is 0.539. The number of hydrogen-bond acceptors (Lipinski definition) is 4. The third-order valence-electron chi connectivity index (χ3n) is 2.49. The van der Waals surface area contributed by atoms with Crippen LogP contribution in [0, 0.1) is 0 Å². The molecule has 0 saturated heterocycles. The number of aliphatic hydroxyl groups is 4. The van der Waals surface area contributed by atoms with Crippen molar-refractivity contribution < 1.29 is 20.4 Å². The number of rotatable bonds is 8. The maximum atomic E-state index is 8.78. The van der Waals surface area contributed by atoms with E-state index in [9.17, 15) is 0 Å². The second-order valence-corrected chi connectivity index (χ2v) is 5.26. The van der Waals surface area contributed by atoms with Gasteiger partial charge in [-0.25, -0.2) is 0 Å². The van der Waals surface area contributed by atoms with Crippen LogP contribution < -0.4 is 0 Å². The van der Waals surface area contributed by atoms with Gasteiger partial charge >= 0.3 is 0 Å². The Balaban J connectivity index is 0. The van der Waals surface area contributed by atoms with E-state index >= 15 is 0 Å². The van der Waals surface area contributed by atoms with Crippen LogP contribution >= 0.6 is 0 Å². The summed E-state index contributed by atoms with van der Waals surface area (Å²) in [5, 5.41) is 35.1. The van der Waals surface area contributed by atoms with Crippen molar-refractivity contribution in [3.8, 4) is 0 Å². The van der Waals surface area contributed by atoms with Crippen LogP contribution in [0.2, 0.25) is 0 Å². The van der Waals surface area contributed by atoms with E-state index in [0.29, 0.717) is 0 Å². The first-order valence-electron chi connectivity index (χ1n) is 6.98. The molecule has 0 aliphatic rings. The predicted molar refractivity (Wildman–Crippen MR) is 74.4 cm³/mol. The summed E-state index contributed by atoms with van der Waals surface area (Å²) in [4.78, 5) is 0. The summed E-state index contributed by atoms with van der Waals surface area (Å²) >= 11 is 0. The second kappa shape index (κ2) is 13.3. The van der Waals surface area contributed by atoms with E-state index in [0.717, 1.165) is 38.5 Å². The molecule has 4 atom stereocenters. The minimum absolute atomic E-state index is 0.219. The molecular weight excluding hydrogens is 232 g/mol. The minimum Gasteiger partial charge on any atom is -0.393 e. The van der Waals surface area contributed by atoms with Crippen LogP contribution in [0.5, 0.6) is 0 Å². The maximum Gasteiger partial charge on any atom is 0.0512 e. The lowest BCUT2D eigenvalue weighted by Gasteiger charge is -2.04. The molecule has 4 N–H and O–H groups in total. The molecule has 0 aromatic rings. The summed E-state index contributed by atoms with van der Waals surface area (Å²) in [5.41, 5.74) is 0. The monoisotopic (exact) mass is 264 g/mol. The van der Waals surface area contributed by atoms with Crippen LogP contribution in [-0.2, 0) is 0 Å². The van der Waals surface area contributed by atoms with E-state index in [1.54, 1.807) is 27.7 Å². The Morgan fingerprint density at radius 3 is 0.778 bits per heavy atom. The minimum atomic E-state index is -0.219. The highest BCUT2D eigenvalue weighted by Crippen LogP contribution is 2.03. The molecule has 4 nitrogen and oxygen atoms in total. The molecule has 4 unspecified atom stereocenters. The molecule has 0 rings (SSSR count). The fourth-order valence-corrected chi connectivity index (χ4v) is 1.42. The largest absolute Gasteiger partial charge is 0.393 e. The average molecular weight is 264 g/mol. The molecule has 0 radical (unpaired) electrons. The fourth-order valence-electron chi connectivity index (χ4n) is 1.42. The molecular formula is C14H32O4. The van der Waals surface area contributed by atoms with Crippen molar-refractivity contribution >= 4 is 0 Å². The molecule has 0 bridgehead atoms. The van der Waals surface area contributed by atoms with Crippen molar-refractivity contribution in [3.05, 3.63) is 0 Å². The van der Waals surface area contributed by atoms with Gasteiger partial charge in [0.05, 0.1) is 24.4 Å². The molecule has 0 saturated carbocycles. The predicted octanol–water partition coefficient (Wildman–Crippen LogP) is 1.84. The van der Waals surface area contributed by atoms with Crippen molar-refractivity contribution in [2.75, 3.05) is 0 Å². The van der Waals surface area contributed by atoms with Crippen molar-refractivity contribution in [2.24, 2.45) is 0 Å². The standard InChI is InChI=1S/2C7H16O2/c2*1-6(8)4-3-5-7(2)9/h2*6-9H,3-5H2,1-2H3. The summed E-state index contributed by atoms with van der Waals surface area (Å²) in [6.45, 7) is 7.06. The van der Waals surface area contributed by atoms with E-state index < -0.39 is 0 Å². The van der Waals surface area contributed by atoms with Gasteiger partial charge in [0.2, 0.25) is 0 Å². The molecule has 0 aromatic carbocycles.